The standard InChI is InChI=1S/C28H32/c1-19-5-9-23(10-6-19)24-13-15-26(16-14-24)28-21(3)17-27(18-22(28)4)25-11-7-20(2)8-12-25/h5-6,9-10,13-18,20,25H,7-8,11-12H2,1-4H3. The van der Waals surface area contributed by atoms with Crippen LogP contribution in [0.25, 0.3) is 22.3 Å². The van der Waals surface area contributed by atoms with Crippen LogP contribution in [0.1, 0.15) is 60.8 Å². The highest BCUT2D eigenvalue weighted by molar-refractivity contribution is 5.75. The van der Waals surface area contributed by atoms with Crippen molar-refractivity contribution in [3.8, 4) is 22.3 Å². The van der Waals surface area contributed by atoms with Gasteiger partial charge in [0.15, 0.2) is 0 Å². The molecule has 0 heterocycles. The third kappa shape index (κ3) is 3.92. The Labute approximate surface area is 170 Å². The molecule has 0 aliphatic heterocycles. The van der Waals surface area contributed by atoms with Gasteiger partial charge in [-0.2, -0.15) is 0 Å². The third-order valence-electron chi connectivity index (χ3n) is 6.60. The van der Waals surface area contributed by atoms with Crippen molar-refractivity contribution in [3.05, 3.63) is 82.9 Å². The first kappa shape index (κ1) is 19.0. The maximum Gasteiger partial charge on any atom is -0.0125 e. The Hall–Kier alpha value is -2.34. The van der Waals surface area contributed by atoms with Gasteiger partial charge >= 0.3 is 0 Å². The highest BCUT2D eigenvalue weighted by atomic mass is 14.3. The van der Waals surface area contributed by atoms with E-state index >= 15 is 0 Å². The number of rotatable bonds is 3. The lowest BCUT2D eigenvalue weighted by atomic mass is 9.78. The average Bonchev–Trinajstić information content (AvgIpc) is 2.69. The van der Waals surface area contributed by atoms with Crippen LogP contribution in [-0.4, -0.2) is 0 Å². The topological polar surface area (TPSA) is 0 Å². The van der Waals surface area contributed by atoms with Crippen LogP contribution in [0.2, 0.25) is 0 Å². The molecule has 0 radical (unpaired) electrons. The fraction of sp³-hybridized carbons (Fsp3) is 0.357. The van der Waals surface area contributed by atoms with Crippen molar-refractivity contribution >= 4 is 0 Å². The predicted octanol–water partition coefficient (Wildman–Crippen LogP) is 8.24. The van der Waals surface area contributed by atoms with Crippen molar-refractivity contribution < 1.29 is 0 Å². The minimum atomic E-state index is 0.756. The van der Waals surface area contributed by atoms with E-state index in [1.54, 1.807) is 5.56 Å². The molecule has 0 heteroatoms. The fourth-order valence-electron chi connectivity index (χ4n) is 4.86. The van der Waals surface area contributed by atoms with Crippen LogP contribution in [0.4, 0.5) is 0 Å². The Morgan fingerprint density at radius 1 is 0.607 bits per heavy atom. The summed E-state index contributed by atoms with van der Waals surface area (Å²) >= 11 is 0. The normalized spacial score (nSPS) is 19.6. The zero-order chi connectivity index (χ0) is 19.7. The number of benzene rings is 3. The molecule has 0 unspecified atom stereocenters. The molecule has 3 aromatic rings. The molecule has 0 aromatic heterocycles. The second-order valence-electron chi connectivity index (χ2n) is 8.93. The summed E-state index contributed by atoms with van der Waals surface area (Å²) in [5.74, 6) is 1.66. The molecule has 1 fully saturated rings. The summed E-state index contributed by atoms with van der Waals surface area (Å²) < 4.78 is 0. The summed E-state index contributed by atoms with van der Waals surface area (Å²) in [6.45, 7) is 9.10. The van der Waals surface area contributed by atoms with E-state index in [9.17, 15) is 0 Å². The minimum absolute atomic E-state index is 0.756. The summed E-state index contributed by atoms with van der Waals surface area (Å²) in [7, 11) is 0. The van der Waals surface area contributed by atoms with Gasteiger partial charge in [0.2, 0.25) is 0 Å². The zero-order valence-electron chi connectivity index (χ0n) is 17.8. The van der Waals surface area contributed by atoms with E-state index in [1.807, 2.05) is 0 Å². The summed E-state index contributed by atoms with van der Waals surface area (Å²) in [5.41, 5.74) is 11.0. The van der Waals surface area contributed by atoms with Crippen molar-refractivity contribution in [2.75, 3.05) is 0 Å². The summed E-state index contributed by atoms with van der Waals surface area (Å²) in [6.07, 6.45) is 5.46. The van der Waals surface area contributed by atoms with Gasteiger partial charge in [0.05, 0.1) is 0 Å². The van der Waals surface area contributed by atoms with Gasteiger partial charge in [-0.3, -0.25) is 0 Å². The second-order valence-corrected chi connectivity index (χ2v) is 8.93. The molecule has 1 aliphatic rings. The first-order valence-electron chi connectivity index (χ1n) is 10.8. The molecule has 0 amide bonds. The van der Waals surface area contributed by atoms with Crippen molar-refractivity contribution in [2.45, 2.75) is 59.3 Å². The van der Waals surface area contributed by atoms with Gasteiger partial charge in [-0.25, -0.2) is 0 Å². The molecular weight excluding hydrogens is 336 g/mol. The van der Waals surface area contributed by atoms with Crippen molar-refractivity contribution in [2.24, 2.45) is 5.92 Å². The smallest absolute Gasteiger partial charge is 0.0125 e. The van der Waals surface area contributed by atoms with Crippen molar-refractivity contribution in [3.63, 3.8) is 0 Å². The Morgan fingerprint density at radius 3 is 1.61 bits per heavy atom. The van der Waals surface area contributed by atoms with Gasteiger partial charge in [0, 0.05) is 0 Å². The summed E-state index contributed by atoms with van der Waals surface area (Å²) in [4.78, 5) is 0. The van der Waals surface area contributed by atoms with E-state index in [1.165, 1.54) is 64.6 Å². The van der Waals surface area contributed by atoms with Gasteiger partial charge < -0.3 is 0 Å². The Bertz CT molecular complexity index is 913. The van der Waals surface area contributed by atoms with Crippen LogP contribution in [0, 0.1) is 26.7 Å². The molecule has 0 atom stereocenters. The largest absolute Gasteiger partial charge is 0.0625 e. The highest BCUT2D eigenvalue weighted by Gasteiger charge is 2.21. The molecule has 144 valence electrons. The molecule has 1 aliphatic carbocycles. The Kier molecular flexibility index (Phi) is 5.40. The molecular formula is C28H32. The molecule has 1 saturated carbocycles. The SMILES string of the molecule is Cc1ccc(-c2ccc(-c3c(C)cc(C4CCC(C)CC4)cc3C)cc2)cc1. The van der Waals surface area contributed by atoms with Gasteiger partial charge in [0.1, 0.15) is 0 Å². The number of hydrogen-bond donors (Lipinski definition) is 0. The van der Waals surface area contributed by atoms with Crippen LogP contribution in [-0.2, 0) is 0 Å². The number of hydrogen-bond acceptors (Lipinski definition) is 0. The lowest BCUT2D eigenvalue weighted by Crippen LogP contribution is -2.11. The van der Waals surface area contributed by atoms with E-state index in [2.05, 4.69) is 88.4 Å². The zero-order valence-corrected chi connectivity index (χ0v) is 17.8. The highest BCUT2D eigenvalue weighted by Crippen LogP contribution is 2.38. The fourth-order valence-corrected chi connectivity index (χ4v) is 4.86. The minimum Gasteiger partial charge on any atom is -0.0625 e. The van der Waals surface area contributed by atoms with Gasteiger partial charge in [-0.15, -0.1) is 0 Å². The predicted molar refractivity (Wildman–Crippen MR) is 122 cm³/mol. The maximum absolute atomic E-state index is 2.46. The maximum atomic E-state index is 2.46. The molecule has 0 N–H and O–H groups in total. The summed E-state index contributed by atoms with van der Waals surface area (Å²) in [6, 6.07) is 22.8. The first-order chi connectivity index (χ1) is 13.5. The Morgan fingerprint density at radius 2 is 1.07 bits per heavy atom. The van der Waals surface area contributed by atoms with E-state index in [4.69, 9.17) is 0 Å². The van der Waals surface area contributed by atoms with Crippen LogP contribution < -0.4 is 0 Å². The van der Waals surface area contributed by atoms with Crippen LogP contribution in [0.3, 0.4) is 0 Å². The van der Waals surface area contributed by atoms with Crippen molar-refractivity contribution in [1.82, 2.24) is 0 Å². The molecule has 0 bridgehead atoms. The third-order valence-corrected chi connectivity index (χ3v) is 6.60. The Balaban J connectivity index is 1.61. The van der Waals surface area contributed by atoms with Crippen LogP contribution >= 0.6 is 0 Å². The first-order valence-corrected chi connectivity index (χ1v) is 10.8. The summed E-state index contributed by atoms with van der Waals surface area (Å²) in [5, 5.41) is 0. The van der Waals surface area contributed by atoms with Gasteiger partial charge in [-0.1, -0.05) is 86.0 Å². The van der Waals surface area contributed by atoms with Crippen molar-refractivity contribution in [1.29, 1.82) is 0 Å². The average molecular weight is 369 g/mol. The van der Waals surface area contributed by atoms with E-state index in [0.29, 0.717) is 0 Å². The van der Waals surface area contributed by atoms with E-state index < -0.39 is 0 Å². The number of aryl methyl sites for hydroxylation is 3. The quantitative estimate of drug-likeness (QED) is 0.436. The van der Waals surface area contributed by atoms with Gasteiger partial charge in [0.25, 0.3) is 0 Å². The molecule has 28 heavy (non-hydrogen) atoms. The van der Waals surface area contributed by atoms with E-state index in [0.717, 1.165) is 11.8 Å². The lowest BCUT2D eigenvalue weighted by Gasteiger charge is -2.27. The second kappa shape index (κ2) is 7.95. The molecule has 4 rings (SSSR count). The van der Waals surface area contributed by atoms with Gasteiger partial charge in [-0.05, 0) is 84.4 Å². The molecule has 3 aromatic carbocycles. The molecule has 0 saturated heterocycles. The molecule has 0 spiro atoms. The molecule has 0 nitrogen and oxygen atoms in total. The van der Waals surface area contributed by atoms with E-state index in [-0.39, 0.29) is 0 Å². The monoisotopic (exact) mass is 368 g/mol. The van der Waals surface area contributed by atoms with Crippen LogP contribution in [0.5, 0.6) is 0 Å². The van der Waals surface area contributed by atoms with Crippen LogP contribution in [0.15, 0.2) is 60.7 Å². The lowest BCUT2D eigenvalue weighted by molar-refractivity contribution is 0.348.